The average Bonchev–Trinajstić information content (AvgIpc) is 3.46. The van der Waals surface area contributed by atoms with Gasteiger partial charge in [0.1, 0.15) is 0 Å². The van der Waals surface area contributed by atoms with Crippen LogP contribution in [0.4, 0.5) is 5.13 Å². The third kappa shape index (κ3) is 5.88. The normalized spacial score (nSPS) is 10.7. The fourth-order valence-corrected chi connectivity index (χ4v) is 4.98. The number of benzene rings is 2. The Morgan fingerprint density at radius 1 is 1.00 bits per heavy atom. The minimum atomic E-state index is -1.16. The van der Waals surface area contributed by atoms with Crippen molar-refractivity contribution in [2.24, 2.45) is 0 Å². The molecule has 0 amide bonds. The molecule has 2 aromatic carbocycles. The molecule has 2 heterocycles. The molecule has 4 nitrogen and oxygen atoms in total. The molecule has 0 unspecified atom stereocenters. The van der Waals surface area contributed by atoms with E-state index in [2.05, 4.69) is 54.5 Å². The van der Waals surface area contributed by atoms with Gasteiger partial charge < -0.3 is 14.8 Å². The van der Waals surface area contributed by atoms with E-state index in [0.717, 1.165) is 22.0 Å². The number of rotatable bonds is 8. The van der Waals surface area contributed by atoms with E-state index in [-0.39, 0.29) is 35.1 Å². The number of carboxylic acids is 1. The SMILES string of the molecule is CC(C)c1ccc(-c2csc(N(Cc3cccs3)Cc3ccccc3C(=O)[O-])n2)cc1.[Na+]. The standard InChI is InChI=1S/C25H24N2O2S2.Na/c1-17(2)18-9-11-19(12-10-18)23-16-31-25(26-23)27(15-21-7-5-13-30-21)14-20-6-3-4-8-22(20)24(28)29;/h3-13,16-17H,14-15H2,1-2H3,(H,28,29);/q;+1/p-1. The Kier molecular flexibility index (Phi) is 8.68. The summed E-state index contributed by atoms with van der Waals surface area (Å²) in [7, 11) is 0. The maximum absolute atomic E-state index is 11.6. The smallest absolute Gasteiger partial charge is 0.545 e. The molecule has 0 radical (unpaired) electrons. The summed E-state index contributed by atoms with van der Waals surface area (Å²) in [4.78, 5) is 19.8. The van der Waals surface area contributed by atoms with Crippen molar-refractivity contribution in [2.75, 3.05) is 4.90 Å². The van der Waals surface area contributed by atoms with Crippen LogP contribution in [0.1, 0.15) is 46.1 Å². The van der Waals surface area contributed by atoms with Gasteiger partial charge in [-0.15, -0.1) is 22.7 Å². The molecule has 0 spiro atoms. The molecule has 158 valence electrons. The van der Waals surface area contributed by atoms with Crippen LogP contribution in [0.25, 0.3) is 11.3 Å². The molecule has 0 aliphatic carbocycles. The first-order valence-corrected chi connectivity index (χ1v) is 11.9. The third-order valence-electron chi connectivity index (χ3n) is 5.16. The van der Waals surface area contributed by atoms with E-state index in [1.54, 1.807) is 34.8 Å². The van der Waals surface area contributed by atoms with Crippen molar-refractivity contribution in [3.05, 3.63) is 93.0 Å². The second kappa shape index (κ2) is 11.3. The summed E-state index contributed by atoms with van der Waals surface area (Å²) in [5, 5.41) is 16.6. The number of aromatic nitrogens is 1. The van der Waals surface area contributed by atoms with Crippen molar-refractivity contribution >= 4 is 33.8 Å². The topological polar surface area (TPSA) is 56.3 Å². The summed E-state index contributed by atoms with van der Waals surface area (Å²) >= 11 is 3.26. The first kappa shape index (κ1) is 24.7. The first-order chi connectivity index (χ1) is 15.0. The third-order valence-corrected chi connectivity index (χ3v) is 6.92. The number of anilines is 1. The summed E-state index contributed by atoms with van der Waals surface area (Å²) in [6.07, 6.45) is 0. The number of thiazole rings is 1. The number of hydrogen-bond acceptors (Lipinski definition) is 6. The maximum atomic E-state index is 11.6. The largest absolute Gasteiger partial charge is 1.00 e. The zero-order valence-electron chi connectivity index (χ0n) is 18.4. The molecule has 0 bridgehead atoms. The number of carboxylic acid groups (broad SMARTS) is 1. The van der Waals surface area contributed by atoms with Gasteiger partial charge in [-0.2, -0.15) is 0 Å². The van der Waals surface area contributed by atoms with Crippen molar-refractivity contribution in [1.29, 1.82) is 0 Å². The van der Waals surface area contributed by atoms with Crippen molar-refractivity contribution < 1.29 is 39.5 Å². The molecule has 0 aliphatic heterocycles. The van der Waals surface area contributed by atoms with E-state index in [9.17, 15) is 9.90 Å². The van der Waals surface area contributed by atoms with Crippen LogP contribution in [0.5, 0.6) is 0 Å². The molecule has 7 heteroatoms. The molecule has 0 aliphatic rings. The Morgan fingerprint density at radius 3 is 2.41 bits per heavy atom. The molecule has 0 N–H and O–H groups in total. The fourth-order valence-electron chi connectivity index (χ4n) is 3.43. The summed E-state index contributed by atoms with van der Waals surface area (Å²) in [5.74, 6) is -0.665. The molecule has 32 heavy (non-hydrogen) atoms. The molecular weight excluding hydrogens is 447 g/mol. The molecule has 0 saturated carbocycles. The van der Waals surface area contributed by atoms with Gasteiger partial charge >= 0.3 is 29.6 Å². The average molecular weight is 471 g/mol. The Labute approximate surface area is 218 Å². The van der Waals surface area contributed by atoms with Gasteiger partial charge in [0.15, 0.2) is 5.13 Å². The summed E-state index contributed by atoms with van der Waals surface area (Å²) in [5.41, 5.74) is 4.26. The van der Waals surface area contributed by atoms with Gasteiger partial charge in [0.25, 0.3) is 0 Å². The molecular formula is C25H23N2NaO2S2. The van der Waals surface area contributed by atoms with Crippen molar-refractivity contribution in [3.8, 4) is 11.3 Å². The van der Waals surface area contributed by atoms with E-state index in [4.69, 9.17) is 4.98 Å². The molecule has 0 atom stereocenters. The van der Waals surface area contributed by atoms with Crippen molar-refractivity contribution in [1.82, 2.24) is 4.98 Å². The van der Waals surface area contributed by atoms with Crippen LogP contribution in [-0.4, -0.2) is 11.0 Å². The second-order valence-corrected chi connectivity index (χ2v) is 9.54. The van der Waals surface area contributed by atoms with E-state index in [1.807, 2.05) is 23.6 Å². The minimum Gasteiger partial charge on any atom is -0.545 e. The zero-order valence-corrected chi connectivity index (χ0v) is 22.1. The summed E-state index contributed by atoms with van der Waals surface area (Å²) in [6.45, 7) is 5.48. The number of hydrogen-bond donors (Lipinski definition) is 0. The van der Waals surface area contributed by atoms with Crippen LogP contribution in [0.2, 0.25) is 0 Å². The molecule has 0 fully saturated rings. The van der Waals surface area contributed by atoms with E-state index in [0.29, 0.717) is 19.0 Å². The van der Waals surface area contributed by atoms with Crippen LogP contribution in [-0.2, 0) is 13.1 Å². The molecule has 4 rings (SSSR count). The molecule has 0 saturated heterocycles. The quantitative estimate of drug-likeness (QED) is 0.372. The predicted octanol–water partition coefficient (Wildman–Crippen LogP) is 2.57. The van der Waals surface area contributed by atoms with Crippen molar-refractivity contribution in [2.45, 2.75) is 32.9 Å². The van der Waals surface area contributed by atoms with E-state index in [1.165, 1.54) is 10.4 Å². The second-order valence-electron chi connectivity index (χ2n) is 7.67. The Hall–Kier alpha value is -1.96. The molecule has 4 aromatic rings. The van der Waals surface area contributed by atoms with Crippen LogP contribution in [0, 0.1) is 0 Å². The zero-order chi connectivity index (χ0) is 21.8. The molecule has 2 aromatic heterocycles. The van der Waals surface area contributed by atoms with E-state index >= 15 is 0 Å². The monoisotopic (exact) mass is 470 g/mol. The first-order valence-electron chi connectivity index (χ1n) is 10.1. The Morgan fingerprint density at radius 2 is 1.75 bits per heavy atom. The van der Waals surface area contributed by atoms with Gasteiger partial charge in [0, 0.05) is 27.9 Å². The Balaban J connectivity index is 0.00000289. The number of nitrogens with zero attached hydrogens (tertiary/aromatic N) is 2. The number of thiophene rings is 1. The van der Waals surface area contributed by atoms with Gasteiger partial charge in [-0.3, -0.25) is 0 Å². The maximum Gasteiger partial charge on any atom is 1.00 e. The number of carbonyl (C=O) groups excluding carboxylic acids is 1. The van der Waals surface area contributed by atoms with Crippen LogP contribution < -0.4 is 39.6 Å². The van der Waals surface area contributed by atoms with Gasteiger partial charge in [-0.05, 0) is 28.5 Å². The number of aromatic carboxylic acids is 1. The predicted molar refractivity (Wildman–Crippen MR) is 127 cm³/mol. The summed E-state index contributed by atoms with van der Waals surface area (Å²) in [6, 6.07) is 19.7. The van der Waals surface area contributed by atoms with Crippen LogP contribution in [0.3, 0.4) is 0 Å². The van der Waals surface area contributed by atoms with Crippen LogP contribution >= 0.6 is 22.7 Å². The minimum absolute atomic E-state index is 0. The van der Waals surface area contributed by atoms with Gasteiger partial charge in [0.2, 0.25) is 0 Å². The Bertz CT molecular complexity index is 1150. The fraction of sp³-hybridized carbons (Fsp3) is 0.200. The number of carbonyl (C=O) groups is 1. The van der Waals surface area contributed by atoms with Gasteiger partial charge in [-0.25, -0.2) is 4.98 Å². The van der Waals surface area contributed by atoms with Gasteiger partial charge in [-0.1, -0.05) is 68.4 Å². The van der Waals surface area contributed by atoms with E-state index < -0.39 is 5.97 Å². The van der Waals surface area contributed by atoms with Gasteiger partial charge in [0.05, 0.1) is 18.2 Å². The summed E-state index contributed by atoms with van der Waals surface area (Å²) < 4.78 is 0. The van der Waals surface area contributed by atoms with Crippen molar-refractivity contribution in [3.63, 3.8) is 0 Å². The van der Waals surface area contributed by atoms with Crippen LogP contribution in [0.15, 0.2) is 71.4 Å².